The molecule has 0 aromatic heterocycles. The smallest absolute Gasteiger partial charge is 0.233 e. The van der Waals surface area contributed by atoms with E-state index in [1.54, 1.807) is 0 Å². The Morgan fingerprint density at radius 2 is 1.86 bits per heavy atom. The van der Waals surface area contributed by atoms with E-state index in [4.69, 9.17) is 22.7 Å². The second-order valence-corrected chi connectivity index (χ2v) is 6.46. The van der Waals surface area contributed by atoms with Crippen molar-refractivity contribution < 1.29 is 9.53 Å². The Morgan fingerprint density at radius 3 is 2.29 bits per heavy atom. The molecule has 0 saturated carbocycles. The van der Waals surface area contributed by atoms with Crippen molar-refractivity contribution in [2.75, 3.05) is 19.8 Å². The van der Waals surface area contributed by atoms with Gasteiger partial charge < -0.3 is 15.8 Å². The summed E-state index contributed by atoms with van der Waals surface area (Å²) in [6.45, 7) is 10.4. The van der Waals surface area contributed by atoms with Gasteiger partial charge in [-0.25, -0.2) is 0 Å². The van der Waals surface area contributed by atoms with E-state index in [1.807, 2.05) is 0 Å². The van der Waals surface area contributed by atoms with Gasteiger partial charge in [-0.1, -0.05) is 52.8 Å². The minimum absolute atomic E-state index is 0.0254. The summed E-state index contributed by atoms with van der Waals surface area (Å²) >= 11 is 5.18. The fourth-order valence-electron chi connectivity index (χ4n) is 2.43. The minimum atomic E-state index is -0.683. The zero-order valence-electron chi connectivity index (χ0n) is 14.0. The van der Waals surface area contributed by atoms with E-state index >= 15 is 0 Å². The highest BCUT2D eigenvalue weighted by Gasteiger charge is 2.39. The fourth-order valence-corrected chi connectivity index (χ4v) is 2.73. The number of hydrogen-bond donors (Lipinski definition) is 2. The summed E-state index contributed by atoms with van der Waals surface area (Å²) in [7, 11) is 0. The van der Waals surface area contributed by atoms with Crippen LogP contribution in [0, 0.1) is 11.3 Å². The maximum absolute atomic E-state index is 12.5. The van der Waals surface area contributed by atoms with Crippen LogP contribution in [0.1, 0.15) is 59.8 Å². The van der Waals surface area contributed by atoms with Gasteiger partial charge in [-0.05, 0) is 25.2 Å². The van der Waals surface area contributed by atoms with Crippen molar-refractivity contribution in [1.82, 2.24) is 5.32 Å². The Kier molecular flexibility index (Phi) is 10.6. The number of ether oxygens (including phenoxy) is 1. The standard InChI is InChI=1S/C16H32N2O2S/c1-5-8-16(9-6-2,14(17)21)15(19)18-10-7-11-20-12-13(3)4/h13H,5-12H2,1-4H3,(H2,17,21)(H,18,19). The number of nitrogens with one attached hydrogen (secondary N) is 1. The monoisotopic (exact) mass is 316 g/mol. The maximum Gasteiger partial charge on any atom is 0.233 e. The molecule has 4 nitrogen and oxygen atoms in total. The Morgan fingerprint density at radius 1 is 1.29 bits per heavy atom. The molecule has 0 rings (SSSR count). The molecule has 0 fully saturated rings. The number of thiocarbonyl (C=S) groups is 1. The van der Waals surface area contributed by atoms with Gasteiger partial charge in [0.05, 0.1) is 10.4 Å². The number of carbonyl (C=O) groups excluding carboxylic acids is 1. The molecule has 21 heavy (non-hydrogen) atoms. The number of rotatable bonds is 12. The summed E-state index contributed by atoms with van der Waals surface area (Å²) < 4.78 is 5.50. The molecule has 5 heteroatoms. The van der Waals surface area contributed by atoms with E-state index in [-0.39, 0.29) is 5.91 Å². The van der Waals surface area contributed by atoms with Crippen molar-refractivity contribution in [3.63, 3.8) is 0 Å². The first-order valence-corrected chi connectivity index (χ1v) is 8.47. The van der Waals surface area contributed by atoms with Gasteiger partial charge >= 0.3 is 0 Å². The van der Waals surface area contributed by atoms with Crippen molar-refractivity contribution in [1.29, 1.82) is 0 Å². The highest BCUT2D eigenvalue weighted by atomic mass is 32.1. The normalized spacial score (nSPS) is 11.7. The fraction of sp³-hybridized carbons (Fsp3) is 0.875. The molecule has 0 radical (unpaired) electrons. The van der Waals surface area contributed by atoms with Crippen LogP contribution < -0.4 is 11.1 Å². The molecular weight excluding hydrogens is 284 g/mol. The average Bonchev–Trinajstić information content (AvgIpc) is 2.41. The molecule has 0 atom stereocenters. The molecule has 0 spiro atoms. The Balaban J connectivity index is 4.32. The van der Waals surface area contributed by atoms with Gasteiger partial charge in [0.1, 0.15) is 0 Å². The third-order valence-corrected chi connectivity index (χ3v) is 3.85. The van der Waals surface area contributed by atoms with Crippen LogP contribution in [0.3, 0.4) is 0 Å². The molecule has 124 valence electrons. The molecule has 0 unspecified atom stereocenters. The summed E-state index contributed by atoms with van der Waals surface area (Å²) in [6.07, 6.45) is 4.02. The molecule has 0 aromatic carbocycles. The third kappa shape index (κ3) is 7.23. The zero-order chi connectivity index (χ0) is 16.3. The first kappa shape index (κ1) is 20.3. The highest BCUT2D eigenvalue weighted by molar-refractivity contribution is 7.80. The second-order valence-electron chi connectivity index (χ2n) is 6.02. The number of hydrogen-bond acceptors (Lipinski definition) is 3. The van der Waals surface area contributed by atoms with Crippen LogP contribution >= 0.6 is 12.2 Å². The van der Waals surface area contributed by atoms with Crippen LogP contribution in [-0.2, 0) is 9.53 Å². The van der Waals surface area contributed by atoms with Crippen molar-refractivity contribution >= 4 is 23.1 Å². The van der Waals surface area contributed by atoms with Gasteiger partial charge in [0.2, 0.25) is 5.91 Å². The van der Waals surface area contributed by atoms with Gasteiger partial charge in [0.25, 0.3) is 0 Å². The predicted molar refractivity (Wildman–Crippen MR) is 92.3 cm³/mol. The van der Waals surface area contributed by atoms with E-state index < -0.39 is 5.41 Å². The van der Waals surface area contributed by atoms with E-state index in [0.717, 1.165) is 25.9 Å². The van der Waals surface area contributed by atoms with Crippen LogP contribution in [0.5, 0.6) is 0 Å². The molecule has 1 amide bonds. The van der Waals surface area contributed by atoms with Crippen molar-refractivity contribution in [2.24, 2.45) is 17.1 Å². The quantitative estimate of drug-likeness (QED) is 0.429. The molecule has 0 aliphatic rings. The van der Waals surface area contributed by atoms with Crippen LogP contribution in [0.25, 0.3) is 0 Å². The lowest BCUT2D eigenvalue weighted by molar-refractivity contribution is -0.128. The van der Waals surface area contributed by atoms with E-state index in [1.165, 1.54) is 0 Å². The Bertz CT molecular complexity index is 313. The number of carbonyl (C=O) groups is 1. The van der Waals surface area contributed by atoms with Gasteiger partial charge in [-0.15, -0.1) is 0 Å². The Labute approximate surface area is 135 Å². The summed E-state index contributed by atoms with van der Waals surface area (Å²) in [5, 5.41) is 2.98. The van der Waals surface area contributed by atoms with Gasteiger partial charge in [0, 0.05) is 19.8 Å². The number of amides is 1. The minimum Gasteiger partial charge on any atom is -0.392 e. The molecule has 0 heterocycles. The Hall–Kier alpha value is -0.680. The lowest BCUT2D eigenvalue weighted by Gasteiger charge is -2.31. The molecule has 0 aliphatic heterocycles. The molecule has 0 bridgehead atoms. The summed E-state index contributed by atoms with van der Waals surface area (Å²) in [5.74, 6) is 0.513. The lowest BCUT2D eigenvalue weighted by Crippen LogP contribution is -2.49. The van der Waals surface area contributed by atoms with Crippen LogP contribution in [-0.4, -0.2) is 30.7 Å². The lowest BCUT2D eigenvalue weighted by atomic mass is 9.78. The number of nitrogens with two attached hydrogens (primary N) is 1. The van der Waals surface area contributed by atoms with Crippen molar-refractivity contribution in [2.45, 2.75) is 59.8 Å². The zero-order valence-corrected chi connectivity index (χ0v) is 14.9. The van der Waals surface area contributed by atoms with E-state index in [2.05, 4.69) is 33.0 Å². The predicted octanol–water partition coefficient (Wildman–Crippen LogP) is 3.04. The summed E-state index contributed by atoms with van der Waals surface area (Å²) in [4.78, 5) is 12.8. The third-order valence-electron chi connectivity index (χ3n) is 3.46. The second kappa shape index (κ2) is 11.0. The van der Waals surface area contributed by atoms with Gasteiger partial charge in [0.15, 0.2) is 0 Å². The van der Waals surface area contributed by atoms with E-state index in [0.29, 0.717) is 36.9 Å². The maximum atomic E-state index is 12.5. The summed E-state index contributed by atoms with van der Waals surface area (Å²) in [6, 6.07) is 0. The van der Waals surface area contributed by atoms with Gasteiger partial charge in [-0.2, -0.15) is 0 Å². The van der Waals surface area contributed by atoms with Crippen LogP contribution in [0.4, 0.5) is 0 Å². The SMILES string of the molecule is CCCC(CCC)(C(=O)NCCCOCC(C)C)C(N)=S. The highest BCUT2D eigenvalue weighted by Crippen LogP contribution is 2.30. The van der Waals surface area contributed by atoms with Crippen LogP contribution in [0.15, 0.2) is 0 Å². The molecular formula is C16H32N2O2S. The van der Waals surface area contributed by atoms with Gasteiger partial charge in [-0.3, -0.25) is 4.79 Å². The molecule has 0 saturated heterocycles. The average molecular weight is 317 g/mol. The first-order chi connectivity index (χ1) is 9.90. The van der Waals surface area contributed by atoms with Crippen LogP contribution in [0.2, 0.25) is 0 Å². The molecule has 3 N–H and O–H groups in total. The topological polar surface area (TPSA) is 64.3 Å². The largest absolute Gasteiger partial charge is 0.392 e. The van der Waals surface area contributed by atoms with Crippen molar-refractivity contribution in [3.05, 3.63) is 0 Å². The molecule has 0 aromatic rings. The van der Waals surface area contributed by atoms with E-state index in [9.17, 15) is 4.79 Å². The summed E-state index contributed by atoms with van der Waals surface area (Å²) in [5.41, 5.74) is 5.19. The molecule has 0 aliphatic carbocycles. The first-order valence-electron chi connectivity index (χ1n) is 8.06. The van der Waals surface area contributed by atoms with Crippen molar-refractivity contribution in [3.8, 4) is 0 Å².